The lowest BCUT2D eigenvalue weighted by Gasteiger charge is -2.13. The average molecular weight is 434 g/mol. The van der Waals surface area contributed by atoms with Crippen molar-refractivity contribution >= 4 is 35.6 Å². The molecule has 0 saturated heterocycles. The summed E-state index contributed by atoms with van der Waals surface area (Å²) in [6.07, 6.45) is 1.48. The summed E-state index contributed by atoms with van der Waals surface area (Å²) < 4.78 is 9.67. The molecule has 2 aliphatic heterocycles. The number of hydrogen-bond acceptors (Lipinski definition) is 8. The van der Waals surface area contributed by atoms with Gasteiger partial charge in [-0.3, -0.25) is 19.2 Å². The van der Waals surface area contributed by atoms with Crippen LogP contribution in [0, 0.1) is 0 Å². The van der Waals surface area contributed by atoms with Gasteiger partial charge in [-0.05, 0) is 24.3 Å². The predicted molar refractivity (Wildman–Crippen MR) is 105 cm³/mol. The highest BCUT2D eigenvalue weighted by Gasteiger charge is 2.36. The molecule has 32 heavy (non-hydrogen) atoms. The lowest BCUT2D eigenvalue weighted by atomic mass is 10.1. The van der Waals surface area contributed by atoms with E-state index in [0.29, 0.717) is 0 Å². The van der Waals surface area contributed by atoms with E-state index < -0.39 is 49.0 Å². The van der Waals surface area contributed by atoms with E-state index in [9.17, 15) is 28.8 Å². The number of ether oxygens (including phenoxy) is 2. The van der Waals surface area contributed by atoms with Crippen molar-refractivity contribution in [1.29, 1.82) is 0 Å². The molecule has 4 amide bonds. The van der Waals surface area contributed by atoms with E-state index in [1.54, 1.807) is 24.3 Å². The van der Waals surface area contributed by atoms with Gasteiger partial charge in [0, 0.05) is 12.2 Å². The summed E-state index contributed by atoms with van der Waals surface area (Å²) in [5.74, 6) is -4.38. The minimum atomic E-state index is -1.00. The summed E-state index contributed by atoms with van der Waals surface area (Å²) in [7, 11) is 0. The summed E-state index contributed by atoms with van der Waals surface area (Å²) in [5.41, 5.74) is 0.836. The van der Waals surface area contributed by atoms with E-state index in [0.717, 1.165) is 22.0 Å². The van der Waals surface area contributed by atoms with Crippen molar-refractivity contribution in [1.82, 2.24) is 9.80 Å². The molecule has 10 nitrogen and oxygen atoms in total. The molecule has 2 heterocycles. The molecule has 160 valence electrons. The maximum absolute atomic E-state index is 12.2. The Hall–Kier alpha value is -4.60. The third-order valence-electron chi connectivity index (χ3n) is 4.78. The number of esters is 2. The molecule has 0 unspecified atom stereocenters. The highest BCUT2D eigenvalue weighted by molar-refractivity contribution is 6.22. The standard InChI is InChI=1S/C22H14N2O8/c25-17(31-11-23-19(27)13-5-1-2-6-14(13)20(23)28)9-10-18(26)32-12-24-21(29)15-7-3-4-8-16(15)22(24)30/h1-10H,11-12H2/b10-9+. The van der Waals surface area contributed by atoms with Crippen LogP contribution in [-0.4, -0.2) is 58.8 Å². The molecular formula is C22H14N2O8. The number of amides is 4. The number of carbonyl (C=O) groups is 6. The highest BCUT2D eigenvalue weighted by atomic mass is 16.6. The van der Waals surface area contributed by atoms with Gasteiger partial charge in [0.15, 0.2) is 13.5 Å². The van der Waals surface area contributed by atoms with Gasteiger partial charge in [-0.15, -0.1) is 0 Å². The van der Waals surface area contributed by atoms with E-state index in [-0.39, 0.29) is 22.3 Å². The molecule has 0 radical (unpaired) electrons. The number of benzene rings is 2. The summed E-state index contributed by atoms with van der Waals surface area (Å²) in [5, 5.41) is 0. The number of carbonyl (C=O) groups excluding carboxylic acids is 6. The second kappa shape index (κ2) is 8.26. The molecule has 0 atom stereocenters. The van der Waals surface area contributed by atoms with E-state index in [4.69, 9.17) is 9.47 Å². The number of hydrogen-bond donors (Lipinski definition) is 0. The molecule has 0 bridgehead atoms. The van der Waals surface area contributed by atoms with Crippen LogP contribution in [0.5, 0.6) is 0 Å². The van der Waals surface area contributed by atoms with E-state index in [1.165, 1.54) is 24.3 Å². The van der Waals surface area contributed by atoms with E-state index in [1.807, 2.05) is 0 Å². The quantitative estimate of drug-likeness (QED) is 0.376. The van der Waals surface area contributed by atoms with Gasteiger partial charge in [-0.2, -0.15) is 0 Å². The van der Waals surface area contributed by atoms with Crippen LogP contribution < -0.4 is 0 Å². The normalized spacial score (nSPS) is 14.8. The van der Waals surface area contributed by atoms with Crippen molar-refractivity contribution < 1.29 is 38.2 Å². The van der Waals surface area contributed by atoms with Crippen LogP contribution in [0.4, 0.5) is 0 Å². The molecule has 4 rings (SSSR count). The fourth-order valence-electron chi connectivity index (χ4n) is 3.20. The summed E-state index contributed by atoms with van der Waals surface area (Å²) in [4.78, 5) is 73.9. The third-order valence-corrected chi connectivity index (χ3v) is 4.78. The van der Waals surface area contributed by atoms with Crippen LogP contribution in [0.15, 0.2) is 60.7 Å². The number of rotatable bonds is 6. The van der Waals surface area contributed by atoms with E-state index in [2.05, 4.69) is 0 Å². The van der Waals surface area contributed by atoms with Crippen LogP contribution in [0.25, 0.3) is 0 Å². The topological polar surface area (TPSA) is 127 Å². The number of nitrogens with zero attached hydrogens (tertiary/aromatic N) is 2. The Bertz CT molecular complexity index is 1050. The molecule has 2 aromatic carbocycles. The van der Waals surface area contributed by atoms with Gasteiger partial charge in [0.25, 0.3) is 23.6 Å². The molecule has 0 aromatic heterocycles. The maximum Gasteiger partial charge on any atom is 0.332 e. The Morgan fingerprint density at radius 3 is 1.16 bits per heavy atom. The van der Waals surface area contributed by atoms with Gasteiger partial charge in [-0.25, -0.2) is 19.4 Å². The van der Waals surface area contributed by atoms with E-state index >= 15 is 0 Å². The fraction of sp³-hybridized carbons (Fsp3) is 0.0909. The summed E-state index contributed by atoms with van der Waals surface area (Å²) >= 11 is 0. The SMILES string of the molecule is O=C(/C=C/C(=O)OCN1C(=O)c2ccccc2C1=O)OCN1C(=O)c2ccccc2C1=O. The minimum absolute atomic E-state index is 0.209. The smallest absolute Gasteiger partial charge is 0.332 e. The molecule has 0 aliphatic carbocycles. The Kier molecular flexibility index (Phi) is 5.34. The number of imide groups is 2. The van der Waals surface area contributed by atoms with Gasteiger partial charge in [-0.1, -0.05) is 24.3 Å². The van der Waals surface area contributed by atoms with Gasteiger partial charge >= 0.3 is 11.9 Å². The zero-order chi connectivity index (χ0) is 22.8. The van der Waals surface area contributed by atoms with Crippen molar-refractivity contribution in [3.8, 4) is 0 Å². The van der Waals surface area contributed by atoms with Crippen LogP contribution >= 0.6 is 0 Å². The largest absolute Gasteiger partial charge is 0.440 e. The number of fused-ring (bicyclic) bond motifs is 2. The third kappa shape index (κ3) is 3.65. The molecule has 0 saturated carbocycles. The zero-order valence-electron chi connectivity index (χ0n) is 16.3. The zero-order valence-corrected chi connectivity index (χ0v) is 16.3. The first kappa shape index (κ1) is 20.7. The first-order valence-corrected chi connectivity index (χ1v) is 9.30. The van der Waals surface area contributed by atoms with Gasteiger partial charge in [0.2, 0.25) is 0 Å². The van der Waals surface area contributed by atoms with Gasteiger partial charge < -0.3 is 9.47 Å². The molecule has 10 heteroatoms. The highest BCUT2D eigenvalue weighted by Crippen LogP contribution is 2.23. The Labute approximate surface area is 180 Å². The molecule has 0 fully saturated rings. The Morgan fingerprint density at radius 2 is 0.875 bits per heavy atom. The lowest BCUT2D eigenvalue weighted by molar-refractivity contribution is -0.143. The Morgan fingerprint density at radius 1 is 0.594 bits per heavy atom. The first-order valence-electron chi connectivity index (χ1n) is 9.30. The van der Waals surface area contributed by atoms with Gasteiger partial charge in [0.1, 0.15) is 0 Å². The van der Waals surface area contributed by atoms with Crippen molar-refractivity contribution in [2.24, 2.45) is 0 Å². The second-order valence-electron chi connectivity index (χ2n) is 6.69. The molecular weight excluding hydrogens is 420 g/mol. The summed E-state index contributed by atoms with van der Waals surface area (Å²) in [6, 6.07) is 12.4. The minimum Gasteiger partial charge on any atom is -0.440 e. The monoisotopic (exact) mass is 434 g/mol. The van der Waals surface area contributed by atoms with Gasteiger partial charge in [0.05, 0.1) is 22.3 Å². The molecule has 0 N–H and O–H groups in total. The molecule has 2 aliphatic rings. The van der Waals surface area contributed by atoms with Crippen molar-refractivity contribution in [3.63, 3.8) is 0 Å². The average Bonchev–Trinajstić information content (AvgIpc) is 3.20. The summed E-state index contributed by atoms with van der Waals surface area (Å²) in [6.45, 7) is -1.25. The van der Waals surface area contributed by atoms with Crippen LogP contribution in [-0.2, 0) is 19.1 Å². The van der Waals surface area contributed by atoms with Crippen molar-refractivity contribution in [2.75, 3.05) is 13.5 Å². The Balaban J connectivity index is 1.26. The maximum atomic E-state index is 12.2. The predicted octanol–water partition coefficient (Wildman–Crippen LogP) is 1.14. The lowest BCUT2D eigenvalue weighted by Crippen LogP contribution is -2.33. The van der Waals surface area contributed by atoms with Crippen LogP contribution in [0.1, 0.15) is 41.4 Å². The van der Waals surface area contributed by atoms with Crippen LogP contribution in [0.2, 0.25) is 0 Å². The first-order chi connectivity index (χ1) is 15.4. The molecule has 2 aromatic rings. The molecule has 0 spiro atoms. The van der Waals surface area contributed by atoms with Crippen molar-refractivity contribution in [2.45, 2.75) is 0 Å². The second-order valence-corrected chi connectivity index (χ2v) is 6.69. The van der Waals surface area contributed by atoms with Crippen LogP contribution in [0.3, 0.4) is 0 Å². The van der Waals surface area contributed by atoms with Crippen molar-refractivity contribution in [3.05, 3.63) is 82.9 Å². The fourth-order valence-corrected chi connectivity index (χ4v) is 3.20.